The molecule has 0 aliphatic carbocycles. The van der Waals surface area contributed by atoms with Gasteiger partial charge in [-0.2, -0.15) is 10.4 Å². The largest absolute Gasteiger partial charge is 0.378 e. The van der Waals surface area contributed by atoms with E-state index in [1.807, 2.05) is 6.07 Å². The number of nitrogens with zero attached hydrogens (tertiary/aromatic N) is 3. The van der Waals surface area contributed by atoms with Crippen LogP contribution in [0.4, 0.5) is 4.39 Å². The molecular weight excluding hydrogens is 257 g/mol. The van der Waals surface area contributed by atoms with Crippen molar-refractivity contribution in [2.75, 3.05) is 7.11 Å². The predicted octanol–water partition coefficient (Wildman–Crippen LogP) is 2.68. The molecule has 1 aromatic heterocycles. The summed E-state index contributed by atoms with van der Waals surface area (Å²) >= 11 is 6.05. The highest BCUT2D eigenvalue weighted by Crippen LogP contribution is 2.23. The maximum Gasteiger partial charge on any atom is 0.151 e. The van der Waals surface area contributed by atoms with Crippen LogP contribution in [0.15, 0.2) is 24.3 Å². The van der Waals surface area contributed by atoms with Gasteiger partial charge in [0, 0.05) is 7.11 Å². The molecule has 18 heavy (non-hydrogen) atoms. The summed E-state index contributed by atoms with van der Waals surface area (Å²) < 4.78 is 19.4. The number of hydrogen-bond donors (Lipinski definition) is 0. The molecule has 0 spiro atoms. The van der Waals surface area contributed by atoms with E-state index in [1.54, 1.807) is 12.1 Å². The number of rotatable bonds is 3. The highest BCUT2D eigenvalue weighted by molar-refractivity contribution is 6.31. The maximum atomic E-state index is 13.1. The second kappa shape index (κ2) is 5.17. The monoisotopic (exact) mass is 265 g/mol. The second-order valence-electron chi connectivity index (χ2n) is 3.55. The lowest BCUT2D eigenvalue weighted by atomic mass is 10.3. The van der Waals surface area contributed by atoms with Gasteiger partial charge in [-0.05, 0) is 18.2 Å². The fourth-order valence-electron chi connectivity index (χ4n) is 1.57. The van der Waals surface area contributed by atoms with Gasteiger partial charge in [0.05, 0.1) is 12.3 Å². The van der Waals surface area contributed by atoms with Gasteiger partial charge >= 0.3 is 0 Å². The van der Waals surface area contributed by atoms with Crippen molar-refractivity contribution < 1.29 is 9.13 Å². The zero-order valence-electron chi connectivity index (χ0n) is 9.52. The third-order valence-electron chi connectivity index (χ3n) is 2.35. The van der Waals surface area contributed by atoms with E-state index in [0.717, 1.165) is 0 Å². The summed E-state index contributed by atoms with van der Waals surface area (Å²) in [5.41, 5.74) is 1.12. The molecule has 6 heteroatoms. The van der Waals surface area contributed by atoms with Crippen LogP contribution in [-0.4, -0.2) is 16.9 Å². The summed E-state index contributed by atoms with van der Waals surface area (Å²) in [6.07, 6.45) is 0. The first-order valence-corrected chi connectivity index (χ1v) is 5.47. The lowest BCUT2D eigenvalue weighted by Gasteiger charge is -2.02. The number of nitriles is 1. The van der Waals surface area contributed by atoms with Crippen LogP contribution in [0.2, 0.25) is 5.15 Å². The molecule has 0 N–H and O–H groups in total. The molecule has 1 aromatic carbocycles. The minimum Gasteiger partial charge on any atom is -0.378 e. The van der Waals surface area contributed by atoms with Crippen molar-refractivity contribution in [3.63, 3.8) is 0 Å². The van der Waals surface area contributed by atoms with Gasteiger partial charge in [0.25, 0.3) is 0 Å². The first-order chi connectivity index (χ1) is 8.67. The van der Waals surface area contributed by atoms with Crippen LogP contribution in [0.25, 0.3) is 5.69 Å². The molecule has 0 atom stereocenters. The molecule has 0 radical (unpaired) electrons. The van der Waals surface area contributed by atoms with Gasteiger partial charge < -0.3 is 4.74 Å². The lowest BCUT2D eigenvalue weighted by molar-refractivity contribution is 0.181. The Bertz CT molecular complexity index is 618. The molecule has 1 heterocycles. The number of benzene rings is 1. The van der Waals surface area contributed by atoms with Gasteiger partial charge in [-0.15, -0.1) is 0 Å². The predicted molar refractivity (Wildman–Crippen MR) is 64.0 cm³/mol. The molecule has 0 amide bonds. The Morgan fingerprint density at radius 1 is 1.56 bits per heavy atom. The van der Waals surface area contributed by atoms with E-state index >= 15 is 0 Å². The Kier molecular flexibility index (Phi) is 3.60. The van der Waals surface area contributed by atoms with Crippen LogP contribution in [0.3, 0.4) is 0 Å². The normalized spacial score (nSPS) is 10.3. The van der Waals surface area contributed by atoms with Crippen molar-refractivity contribution in [1.29, 1.82) is 5.26 Å². The van der Waals surface area contributed by atoms with Gasteiger partial charge in [-0.1, -0.05) is 17.7 Å². The van der Waals surface area contributed by atoms with Gasteiger partial charge in [-0.3, -0.25) is 0 Å². The van der Waals surface area contributed by atoms with Crippen molar-refractivity contribution in [2.24, 2.45) is 0 Å². The third-order valence-corrected chi connectivity index (χ3v) is 2.70. The molecule has 0 bridgehead atoms. The Morgan fingerprint density at radius 3 is 2.94 bits per heavy atom. The number of halogens is 2. The molecule has 0 saturated heterocycles. The molecule has 2 rings (SSSR count). The molecular formula is C12H9ClFN3O. The van der Waals surface area contributed by atoms with Crippen LogP contribution in [-0.2, 0) is 11.3 Å². The number of methoxy groups -OCH3 is 1. The minimum atomic E-state index is -0.397. The summed E-state index contributed by atoms with van der Waals surface area (Å²) in [7, 11) is 1.50. The Morgan fingerprint density at radius 2 is 2.33 bits per heavy atom. The summed E-state index contributed by atoms with van der Waals surface area (Å²) in [6.45, 7) is 0.172. The summed E-state index contributed by atoms with van der Waals surface area (Å²) in [4.78, 5) is 0. The standard InChI is InChI=1S/C12H9ClFN3O/c1-18-7-11-10(6-15)12(13)17(16-11)9-4-2-3-8(14)5-9/h2-5H,7H2,1H3. The lowest BCUT2D eigenvalue weighted by Crippen LogP contribution is -1.98. The highest BCUT2D eigenvalue weighted by Gasteiger charge is 2.17. The molecule has 4 nitrogen and oxygen atoms in total. The zero-order chi connectivity index (χ0) is 13.1. The first-order valence-electron chi connectivity index (χ1n) is 5.09. The smallest absolute Gasteiger partial charge is 0.151 e. The molecule has 0 unspecified atom stereocenters. The molecule has 0 aliphatic rings. The summed E-state index contributed by atoms with van der Waals surface area (Å²) in [5, 5.41) is 13.3. The average Bonchev–Trinajstić information content (AvgIpc) is 2.66. The molecule has 0 saturated carbocycles. The maximum absolute atomic E-state index is 13.1. The molecule has 0 fully saturated rings. The second-order valence-corrected chi connectivity index (χ2v) is 3.91. The van der Waals surface area contributed by atoms with E-state index in [2.05, 4.69) is 5.10 Å². The molecule has 92 valence electrons. The number of hydrogen-bond acceptors (Lipinski definition) is 3. The van der Waals surface area contributed by atoms with E-state index < -0.39 is 5.82 Å². The quantitative estimate of drug-likeness (QED) is 0.857. The van der Waals surface area contributed by atoms with Crippen LogP contribution in [0, 0.1) is 17.1 Å². The van der Waals surface area contributed by atoms with Crippen molar-refractivity contribution in [3.05, 3.63) is 46.5 Å². The van der Waals surface area contributed by atoms with Crippen LogP contribution < -0.4 is 0 Å². The third kappa shape index (κ3) is 2.21. The van der Waals surface area contributed by atoms with Crippen LogP contribution >= 0.6 is 11.6 Å². The van der Waals surface area contributed by atoms with Gasteiger partial charge in [0.2, 0.25) is 0 Å². The Labute approximate surface area is 108 Å². The highest BCUT2D eigenvalue weighted by atomic mass is 35.5. The molecule has 2 aromatic rings. The van der Waals surface area contributed by atoms with Crippen molar-refractivity contribution in [3.8, 4) is 11.8 Å². The average molecular weight is 266 g/mol. The topological polar surface area (TPSA) is 50.8 Å². The van der Waals surface area contributed by atoms with Crippen molar-refractivity contribution in [1.82, 2.24) is 9.78 Å². The Hall–Kier alpha value is -1.90. The Balaban J connectivity index is 2.56. The van der Waals surface area contributed by atoms with Gasteiger partial charge in [0.15, 0.2) is 5.15 Å². The van der Waals surface area contributed by atoms with E-state index in [0.29, 0.717) is 11.4 Å². The van der Waals surface area contributed by atoms with Gasteiger partial charge in [-0.25, -0.2) is 9.07 Å². The summed E-state index contributed by atoms with van der Waals surface area (Å²) in [6, 6.07) is 7.77. The van der Waals surface area contributed by atoms with Crippen LogP contribution in [0.1, 0.15) is 11.3 Å². The van der Waals surface area contributed by atoms with E-state index in [1.165, 1.54) is 23.9 Å². The van der Waals surface area contributed by atoms with Crippen molar-refractivity contribution >= 4 is 11.6 Å². The summed E-state index contributed by atoms with van der Waals surface area (Å²) in [5.74, 6) is -0.397. The fourth-order valence-corrected chi connectivity index (χ4v) is 1.85. The zero-order valence-corrected chi connectivity index (χ0v) is 10.3. The first kappa shape index (κ1) is 12.6. The SMILES string of the molecule is COCc1nn(-c2cccc(F)c2)c(Cl)c1C#N. The van der Waals surface area contributed by atoms with E-state index in [4.69, 9.17) is 21.6 Å². The van der Waals surface area contributed by atoms with E-state index in [9.17, 15) is 4.39 Å². The van der Waals surface area contributed by atoms with E-state index in [-0.39, 0.29) is 17.3 Å². The van der Waals surface area contributed by atoms with Crippen molar-refractivity contribution in [2.45, 2.75) is 6.61 Å². The van der Waals surface area contributed by atoms with Gasteiger partial charge in [0.1, 0.15) is 23.1 Å². The molecule has 0 aliphatic heterocycles. The minimum absolute atomic E-state index is 0.148. The number of ether oxygens (including phenoxy) is 1. The van der Waals surface area contributed by atoms with Crippen LogP contribution in [0.5, 0.6) is 0 Å². The number of aromatic nitrogens is 2. The fraction of sp³-hybridized carbons (Fsp3) is 0.167.